The van der Waals surface area contributed by atoms with Gasteiger partial charge in [-0.3, -0.25) is 4.79 Å². The third-order valence-electron chi connectivity index (χ3n) is 5.49. The van der Waals surface area contributed by atoms with Crippen molar-refractivity contribution < 1.29 is 14.3 Å². The Labute approximate surface area is 177 Å². The number of rotatable bonds is 5. The molecular formula is C22H33N5O3. The predicted molar refractivity (Wildman–Crippen MR) is 115 cm³/mol. The van der Waals surface area contributed by atoms with E-state index in [0.717, 1.165) is 50.6 Å². The van der Waals surface area contributed by atoms with Crippen molar-refractivity contribution in [1.82, 2.24) is 25.6 Å². The molecule has 8 heteroatoms. The quantitative estimate of drug-likeness (QED) is 0.724. The SMILES string of the molecule is CCn1nnc2cc(C(=O)NCC3(NC(=O)OC(C)(C)C)CCCCCC3)ccc21. The normalized spacial score (nSPS) is 16.7. The van der Waals surface area contributed by atoms with Crippen molar-refractivity contribution in [3.63, 3.8) is 0 Å². The topological polar surface area (TPSA) is 98.1 Å². The Kier molecular flexibility index (Phi) is 6.63. The van der Waals surface area contributed by atoms with Crippen molar-refractivity contribution >= 4 is 23.0 Å². The summed E-state index contributed by atoms with van der Waals surface area (Å²) in [6.07, 6.45) is 5.49. The molecule has 2 N–H and O–H groups in total. The van der Waals surface area contributed by atoms with E-state index in [0.29, 0.717) is 17.6 Å². The minimum absolute atomic E-state index is 0.183. The van der Waals surface area contributed by atoms with Gasteiger partial charge >= 0.3 is 6.09 Å². The molecule has 0 aliphatic heterocycles. The molecule has 1 fully saturated rings. The first-order valence-corrected chi connectivity index (χ1v) is 10.8. The average molecular weight is 416 g/mol. The van der Waals surface area contributed by atoms with Crippen LogP contribution in [0.4, 0.5) is 4.79 Å². The van der Waals surface area contributed by atoms with Gasteiger partial charge in [0.1, 0.15) is 11.1 Å². The Bertz CT molecular complexity index is 892. The summed E-state index contributed by atoms with van der Waals surface area (Å²) < 4.78 is 7.27. The van der Waals surface area contributed by atoms with E-state index in [2.05, 4.69) is 20.9 Å². The molecule has 164 valence electrons. The van der Waals surface area contributed by atoms with Gasteiger partial charge in [0.25, 0.3) is 5.91 Å². The zero-order chi connectivity index (χ0) is 21.8. The van der Waals surface area contributed by atoms with E-state index < -0.39 is 17.2 Å². The van der Waals surface area contributed by atoms with Crippen molar-refractivity contribution in [2.45, 2.75) is 83.9 Å². The molecule has 30 heavy (non-hydrogen) atoms. The number of amides is 2. The van der Waals surface area contributed by atoms with Crippen molar-refractivity contribution in [1.29, 1.82) is 0 Å². The standard InChI is InChI=1S/C22H33N5O3/c1-5-27-18-11-10-16(14-17(18)25-26-27)19(28)23-15-22(12-8-6-7-9-13-22)24-20(29)30-21(2,3)4/h10-11,14H,5-9,12-13,15H2,1-4H3,(H,23,28)(H,24,29). The van der Waals surface area contributed by atoms with Crippen LogP contribution < -0.4 is 10.6 Å². The number of aryl methyl sites for hydroxylation is 1. The van der Waals surface area contributed by atoms with Crippen LogP contribution in [0.2, 0.25) is 0 Å². The third-order valence-corrected chi connectivity index (χ3v) is 5.49. The lowest BCUT2D eigenvalue weighted by molar-refractivity contribution is 0.0437. The maximum atomic E-state index is 12.8. The maximum absolute atomic E-state index is 12.8. The minimum atomic E-state index is -0.565. The van der Waals surface area contributed by atoms with E-state index in [1.54, 1.807) is 16.8 Å². The Morgan fingerprint density at radius 1 is 1.17 bits per heavy atom. The van der Waals surface area contributed by atoms with E-state index in [1.165, 1.54) is 0 Å². The Hall–Kier alpha value is -2.64. The van der Waals surface area contributed by atoms with E-state index in [4.69, 9.17) is 4.74 Å². The first-order valence-electron chi connectivity index (χ1n) is 10.8. The number of hydrogen-bond donors (Lipinski definition) is 2. The van der Waals surface area contributed by atoms with Crippen molar-refractivity contribution in [3.8, 4) is 0 Å². The zero-order valence-electron chi connectivity index (χ0n) is 18.5. The Balaban J connectivity index is 1.71. The summed E-state index contributed by atoms with van der Waals surface area (Å²) >= 11 is 0. The smallest absolute Gasteiger partial charge is 0.408 e. The van der Waals surface area contributed by atoms with Gasteiger partial charge in [-0.1, -0.05) is 30.9 Å². The van der Waals surface area contributed by atoms with E-state index in [9.17, 15) is 9.59 Å². The Morgan fingerprint density at radius 3 is 2.50 bits per heavy atom. The summed E-state index contributed by atoms with van der Waals surface area (Å²) in [5, 5.41) is 14.3. The molecule has 0 bridgehead atoms. The van der Waals surface area contributed by atoms with Gasteiger partial charge in [0.15, 0.2) is 0 Å². The Morgan fingerprint density at radius 2 is 1.87 bits per heavy atom. The van der Waals surface area contributed by atoms with Crippen LogP contribution in [0, 0.1) is 0 Å². The highest BCUT2D eigenvalue weighted by molar-refractivity contribution is 5.97. The second-order valence-corrected chi connectivity index (χ2v) is 9.11. The highest BCUT2D eigenvalue weighted by Gasteiger charge is 2.34. The molecular weight excluding hydrogens is 382 g/mol. The van der Waals surface area contributed by atoms with Crippen LogP contribution in [-0.2, 0) is 11.3 Å². The summed E-state index contributed by atoms with van der Waals surface area (Å²) in [4.78, 5) is 25.3. The van der Waals surface area contributed by atoms with Gasteiger partial charge in [-0.15, -0.1) is 5.10 Å². The molecule has 1 aromatic carbocycles. The van der Waals surface area contributed by atoms with Crippen molar-refractivity contribution in [2.75, 3.05) is 6.54 Å². The third kappa shape index (κ3) is 5.49. The highest BCUT2D eigenvalue weighted by Crippen LogP contribution is 2.27. The number of nitrogens with one attached hydrogen (secondary N) is 2. The van der Waals surface area contributed by atoms with Crippen LogP contribution in [0.25, 0.3) is 11.0 Å². The molecule has 2 amide bonds. The number of benzene rings is 1. The lowest BCUT2D eigenvalue weighted by atomic mass is 9.90. The van der Waals surface area contributed by atoms with Crippen molar-refractivity contribution in [2.24, 2.45) is 0 Å². The molecule has 1 aliphatic carbocycles. The van der Waals surface area contributed by atoms with Gasteiger partial charge in [-0.25, -0.2) is 9.48 Å². The first-order chi connectivity index (χ1) is 14.2. The second-order valence-electron chi connectivity index (χ2n) is 9.11. The van der Waals surface area contributed by atoms with Crippen molar-refractivity contribution in [3.05, 3.63) is 23.8 Å². The molecule has 3 rings (SSSR count). The summed E-state index contributed by atoms with van der Waals surface area (Å²) in [7, 11) is 0. The molecule has 1 saturated carbocycles. The van der Waals surface area contributed by atoms with Crippen LogP contribution in [0.15, 0.2) is 18.2 Å². The predicted octanol–water partition coefficient (Wildman–Crippen LogP) is 3.80. The molecule has 1 aromatic heterocycles. The molecule has 8 nitrogen and oxygen atoms in total. The van der Waals surface area contributed by atoms with Crippen LogP contribution in [0.3, 0.4) is 0 Å². The van der Waals surface area contributed by atoms with Crippen LogP contribution in [0.5, 0.6) is 0 Å². The van der Waals surface area contributed by atoms with Gasteiger partial charge in [0, 0.05) is 18.7 Å². The van der Waals surface area contributed by atoms with Gasteiger partial charge in [0.05, 0.1) is 11.1 Å². The summed E-state index contributed by atoms with van der Waals surface area (Å²) in [6.45, 7) is 8.63. The molecule has 0 saturated heterocycles. The van der Waals surface area contributed by atoms with Gasteiger partial charge in [-0.2, -0.15) is 0 Å². The lowest BCUT2D eigenvalue weighted by Gasteiger charge is -2.35. The van der Waals surface area contributed by atoms with Crippen LogP contribution >= 0.6 is 0 Å². The number of hydrogen-bond acceptors (Lipinski definition) is 5. The lowest BCUT2D eigenvalue weighted by Crippen LogP contribution is -2.56. The summed E-state index contributed by atoms with van der Waals surface area (Å²) in [5.74, 6) is -0.183. The monoisotopic (exact) mass is 415 g/mol. The number of nitrogens with zero attached hydrogens (tertiary/aromatic N) is 3. The number of carbonyl (C=O) groups excluding carboxylic acids is 2. The van der Waals surface area contributed by atoms with E-state index in [1.807, 2.05) is 33.8 Å². The van der Waals surface area contributed by atoms with Gasteiger partial charge in [-0.05, 0) is 58.7 Å². The minimum Gasteiger partial charge on any atom is -0.444 e. The molecule has 0 atom stereocenters. The van der Waals surface area contributed by atoms with Crippen LogP contribution in [0.1, 0.15) is 76.6 Å². The van der Waals surface area contributed by atoms with Crippen LogP contribution in [-0.4, -0.2) is 44.7 Å². The summed E-state index contributed by atoms with van der Waals surface area (Å²) in [6, 6.07) is 5.41. The fraction of sp³-hybridized carbons (Fsp3) is 0.636. The molecule has 0 spiro atoms. The fourth-order valence-electron chi connectivity index (χ4n) is 3.97. The maximum Gasteiger partial charge on any atom is 0.408 e. The number of alkyl carbamates (subject to hydrolysis) is 1. The summed E-state index contributed by atoms with van der Waals surface area (Å²) in [5.41, 5.74) is 1.07. The molecule has 1 aliphatic rings. The number of ether oxygens (including phenoxy) is 1. The largest absolute Gasteiger partial charge is 0.444 e. The zero-order valence-corrected chi connectivity index (χ0v) is 18.5. The first kappa shape index (κ1) is 22.1. The fourth-order valence-corrected chi connectivity index (χ4v) is 3.97. The van der Waals surface area contributed by atoms with E-state index >= 15 is 0 Å². The van der Waals surface area contributed by atoms with E-state index in [-0.39, 0.29) is 5.91 Å². The van der Waals surface area contributed by atoms with Gasteiger partial charge in [0.2, 0.25) is 0 Å². The molecule has 0 radical (unpaired) electrons. The number of carbonyl (C=O) groups is 2. The molecule has 1 heterocycles. The second kappa shape index (κ2) is 9.02. The molecule has 2 aromatic rings. The molecule has 0 unspecified atom stereocenters. The number of aromatic nitrogens is 3. The number of fused-ring (bicyclic) bond motifs is 1. The highest BCUT2D eigenvalue weighted by atomic mass is 16.6. The average Bonchev–Trinajstić information content (AvgIpc) is 2.95. The van der Waals surface area contributed by atoms with Gasteiger partial charge < -0.3 is 15.4 Å².